The van der Waals surface area contributed by atoms with Gasteiger partial charge in [-0.25, -0.2) is 0 Å². The summed E-state index contributed by atoms with van der Waals surface area (Å²) >= 11 is 0. The van der Waals surface area contributed by atoms with Crippen molar-refractivity contribution in [1.82, 2.24) is 14.7 Å². The van der Waals surface area contributed by atoms with Gasteiger partial charge in [0.15, 0.2) is 5.76 Å². The molecule has 0 spiro atoms. The molecule has 2 fully saturated rings. The molecule has 6 heteroatoms. The van der Waals surface area contributed by atoms with Crippen molar-refractivity contribution in [2.45, 2.75) is 19.3 Å². The van der Waals surface area contributed by atoms with Gasteiger partial charge >= 0.3 is 0 Å². The molecule has 0 N–H and O–H groups in total. The van der Waals surface area contributed by atoms with Crippen molar-refractivity contribution in [2.75, 3.05) is 45.8 Å². The molecule has 0 saturated carbocycles. The Labute approximate surface area is 130 Å². The molecule has 0 aromatic carbocycles. The van der Waals surface area contributed by atoms with E-state index in [0.717, 1.165) is 19.6 Å². The first-order valence-electron chi connectivity index (χ1n) is 8.07. The predicted molar refractivity (Wildman–Crippen MR) is 81.5 cm³/mol. The Morgan fingerprint density at radius 1 is 1.00 bits per heavy atom. The smallest absolute Gasteiger partial charge is 0.289 e. The molecule has 0 bridgehead atoms. The lowest BCUT2D eigenvalue weighted by Crippen LogP contribution is -2.50. The third kappa shape index (κ3) is 3.50. The van der Waals surface area contributed by atoms with Crippen LogP contribution in [0, 0.1) is 0 Å². The number of hydrogen-bond donors (Lipinski definition) is 0. The standard InChI is InChI=1S/C16H23N3O3/c20-15(5-8-17-6-1-2-7-17)18-9-11-19(12-10-18)16(21)14-4-3-13-22-14/h3-4,13H,1-2,5-12H2. The highest BCUT2D eigenvalue weighted by Gasteiger charge is 2.26. The van der Waals surface area contributed by atoms with Gasteiger partial charge in [0.25, 0.3) is 5.91 Å². The van der Waals surface area contributed by atoms with Gasteiger partial charge in [-0.1, -0.05) is 0 Å². The van der Waals surface area contributed by atoms with E-state index in [0.29, 0.717) is 38.4 Å². The monoisotopic (exact) mass is 305 g/mol. The largest absolute Gasteiger partial charge is 0.459 e. The van der Waals surface area contributed by atoms with Crippen molar-refractivity contribution >= 4 is 11.8 Å². The summed E-state index contributed by atoms with van der Waals surface area (Å²) in [5, 5.41) is 0. The van der Waals surface area contributed by atoms with E-state index in [9.17, 15) is 9.59 Å². The van der Waals surface area contributed by atoms with E-state index in [4.69, 9.17) is 4.42 Å². The van der Waals surface area contributed by atoms with E-state index < -0.39 is 0 Å². The summed E-state index contributed by atoms with van der Waals surface area (Å²) in [5.74, 6) is 0.486. The first-order valence-corrected chi connectivity index (χ1v) is 8.07. The number of carbonyl (C=O) groups is 2. The quantitative estimate of drug-likeness (QED) is 0.834. The molecule has 2 aliphatic rings. The van der Waals surface area contributed by atoms with Crippen LogP contribution in [-0.2, 0) is 4.79 Å². The van der Waals surface area contributed by atoms with Crippen molar-refractivity contribution < 1.29 is 14.0 Å². The number of nitrogens with zero attached hydrogens (tertiary/aromatic N) is 3. The maximum atomic E-state index is 12.2. The summed E-state index contributed by atoms with van der Waals surface area (Å²) in [4.78, 5) is 30.4. The van der Waals surface area contributed by atoms with Crippen LogP contribution in [0.1, 0.15) is 29.8 Å². The summed E-state index contributed by atoms with van der Waals surface area (Å²) in [5.41, 5.74) is 0. The van der Waals surface area contributed by atoms with Gasteiger partial charge in [-0.05, 0) is 38.1 Å². The molecule has 2 aliphatic heterocycles. The van der Waals surface area contributed by atoms with Crippen LogP contribution in [-0.4, -0.2) is 72.3 Å². The van der Waals surface area contributed by atoms with Crippen molar-refractivity contribution in [3.63, 3.8) is 0 Å². The number of carbonyl (C=O) groups excluding carboxylic acids is 2. The fourth-order valence-corrected chi connectivity index (χ4v) is 3.13. The minimum absolute atomic E-state index is 0.0887. The first-order chi connectivity index (χ1) is 10.7. The van der Waals surface area contributed by atoms with Gasteiger partial charge in [0.2, 0.25) is 5.91 Å². The molecule has 120 valence electrons. The minimum Gasteiger partial charge on any atom is -0.459 e. The number of rotatable bonds is 4. The number of piperazine rings is 1. The van der Waals surface area contributed by atoms with E-state index in [2.05, 4.69) is 4.90 Å². The number of amides is 2. The van der Waals surface area contributed by atoms with Crippen LogP contribution in [0.25, 0.3) is 0 Å². The Kier molecular flexibility index (Phi) is 4.77. The number of likely N-dealkylation sites (tertiary alicyclic amines) is 1. The lowest BCUT2D eigenvalue weighted by Gasteiger charge is -2.34. The lowest BCUT2D eigenvalue weighted by molar-refractivity contribution is -0.133. The van der Waals surface area contributed by atoms with Crippen molar-refractivity contribution in [3.05, 3.63) is 24.2 Å². The molecule has 6 nitrogen and oxygen atoms in total. The molecule has 3 heterocycles. The van der Waals surface area contributed by atoms with Crippen LogP contribution in [0.4, 0.5) is 0 Å². The van der Waals surface area contributed by atoms with Gasteiger partial charge in [-0.15, -0.1) is 0 Å². The van der Waals surface area contributed by atoms with Crippen molar-refractivity contribution in [2.24, 2.45) is 0 Å². The average molecular weight is 305 g/mol. The summed E-state index contributed by atoms with van der Waals surface area (Å²) in [7, 11) is 0. The molecule has 0 unspecified atom stereocenters. The summed E-state index contributed by atoms with van der Waals surface area (Å²) < 4.78 is 5.14. The Balaban J connectivity index is 1.42. The lowest BCUT2D eigenvalue weighted by atomic mass is 10.2. The van der Waals surface area contributed by atoms with Crippen LogP contribution >= 0.6 is 0 Å². The topological polar surface area (TPSA) is 57.0 Å². The molecule has 2 saturated heterocycles. The first kappa shape index (κ1) is 15.1. The highest BCUT2D eigenvalue weighted by Crippen LogP contribution is 2.12. The van der Waals surface area contributed by atoms with Gasteiger partial charge in [-0.2, -0.15) is 0 Å². The summed E-state index contributed by atoms with van der Waals surface area (Å²) in [6.45, 7) is 5.50. The molecule has 1 aromatic rings. The van der Waals surface area contributed by atoms with Crippen LogP contribution in [0.2, 0.25) is 0 Å². The van der Waals surface area contributed by atoms with Crippen LogP contribution in [0.3, 0.4) is 0 Å². The average Bonchev–Trinajstić information content (AvgIpc) is 3.25. The van der Waals surface area contributed by atoms with E-state index in [1.165, 1.54) is 19.1 Å². The minimum atomic E-state index is -0.0887. The SMILES string of the molecule is O=C(CCN1CCCC1)N1CCN(C(=O)c2ccco2)CC1. The number of hydrogen-bond acceptors (Lipinski definition) is 4. The van der Waals surface area contributed by atoms with E-state index in [-0.39, 0.29) is 11.8 Å². The Morgan fingerprint density at radius 2 is 1.68 bits per heavy atom. The van der Waals surface area contributed by atoms with Crippen molar-refractivity contribution in [1.29, 1.82) is 0 Å². The maximum Gasteiger partial charge on any atom is 0.289 e. The second-order valence-corrected chi connectivity index (χ2v) is 5.95. The summed E-state index contributed by atoms with van der Waals surface area (Å²) in [6, 6.07) is 3.39. The molecule has 1 aromatic heterocycles. The summed E-state index contributed by atoms with van der Waals surface area (Å²) in [6.07, 6.45) is 4.60. The van der Waals surface area contributed by atoms with Gasteiger partial charge in [-0.3, -0.25) is 9.59 Å². The normalized spacial score (nSPS) is 19.6. The second-order valence-electron chi connectivity index (χ2n) is 5.95. The van der Waals surface area contributed by atoms with Gasteiger partial charge < -0.3 is 19.1 Å². The third-order valence-corrected chi connectivity index (χ3v) is 4.49. The Bertz CT molecular complexity index is 501. The molecule has 0 radical (unpaired) electrons. The maximum absolute atomic E-state index is 12.2. The van der Waals surface area contributed by atoms with Gasteiger partial charge in [0.1, 0.15) is 0 Å². The molecule has 2 amide bonds. The highest BCUT2D eigenvalue weighted by molar-refractivity contribution is 5.91. The van der Waals surface area contributed by atoms with E-state index >= 15 is 0 Å². The highest BCUT2D eigenvalue weighted by atomic mass is 16.3. The molecule has 0 atom stereocenters. The van der Waals surface area contributed by atoms with Crippen LogP contribution < -0.4 is 0 Å². The Morgan fingerprint density at radius 3 is 2.32 bits per heavy atom. The zero-order chi connectivity index (χ0) is 15.4. The van der Waals surface area contributed by atoms with E-state index in [1.807, 2.05) is 4.90 Å². The second kappa shape index (κ2) is 6.96. The number of furan rings is 1. The molecule has 0 aliphatic carbocycles. The predicted octanol–water partition coefficient (Wildman–Crippen LogP) is 1.05. The fourth-order valence-electron chi connectivity index (χ4n) is 3.13. The van der Waals surface area contributed by atoms with E-state index in [1.54, 1.807) is 17.0 Å². The van der Waals surface area contributed by atoms with Gasteiger partial charge in [0, 0.05) is 39.1 Å². The van der Waals surface area contributed by atoms with Crippen molar-refractivity contribution in [3.8, 4) is 0 Å². The zero-order valence-corrected chi connectivity index (χ0v) is 12.9. The molecule has 3 rings (SSSR count). The zero-order valence-electron chi connectivity index (χ0n) is 12.9. The third-order valence-electron chi connectivity index (χ3n) is 4.49. The fraction of sp³-hybridized carbons (Fsp3) is 0.625. The Hall–Kier alpha value is -1.82. The molecule has 22 heavy (non-hydrogen) atoms. The van der Waals surface area contributed by atoms with Crippen LogP contribution in [0.5, 0.6) is 0 Å². The molecular weight excluding hydrogens is 282 g/mol. The van der Waals surface area contributed by atoms with Crippen LogP contribution in [0.15, 0.2) is 22.8 Å². The van der Waals surface area contributed by atoms with Gasteiger partial charge in [0.05, 0.1) is 6.26 Å². The molecular formula is C16H23N3O3.